The number of nitrogens with zero attached hydrogens (tertiary/aromatic N) is 1. The van der Waals surface area contributed by atoms with Gasteiger partial charge in [-0.05, 0) is 40.5 Å². The molecule has 0 radical (unpaired) electrons. The number of ketones is 1. The Morgan fingerprint density at radius 1 is 0.946 bits per heavy atom. The number of carbonyl (C=O) groups is 3. The molecule has 1 aliphatic heterocycles. The number of amides is 2. The van der Waals surface area contributed by atoms with E-state index in [0.717, 1.165) is 10.5 Å². The first-order valence-corrected chi connectivity index (χ1v) is 12.2. The second-order valence-electron chi connectivity index (χ2n) is 11.7. The number of benzene rings is 2. The molecule has 2 aromatic carbocycles. The minimum absolute atomic E-state index is 0.0239. The molecule has 0 saturated heterocycles. The van der Waals surface area contributed by atoms with E-state index in [9.17, 15) is 27.6 Å². The minimum atomic E-state index is -5.24. The van der Waals surface area contributed by atoms with E-state index in [0.29, 0.717) is 5.56 Å². The Bertz CT molecular complexity index is 1270. The number of carbonyl (C=O) groups excluding carboxylic acids is 3. The average Bonchev–Trinajstić information content (AvgIpc) is 3.01. The zero-order valence-corrected chi connectivity index (χ0v) is 21.6. The third kappa shape index (κ3) is 4.69. The zero-order valence-electron chi connectivity index (χ0n) is 21.6. The molecule has 37 heavy (non-hydrogen) atoms. The summed E-state index contributed by atoms with van der Waals surface area (Å²) in [5, 5.41) is 2.00. The molecule has 1 atom stereocenters. The van der Waals surface area contributed by atoms with Crippen molar-refractivity contribution in [3.05, 3.63) is 82.6 Å². The average molecular weight is 513 g/mol. The van der Waals surface area contributed by atoms with E-state index in [1.165, 1.54) is 12.1 Å². The van der Waals surface area contributed by atoms with Gasteiger partial charge in [-0.3, -0.25) is 14.4 Å². The second kappa shape index (κ2) is 8.85. The van der Waals surface area contributed by atoms with Crippen molar-refractivity contribution in [1.29, 1.82) is 0 Å². The van der Waals surface area contributed by atoms with Crippen LogP contribution in [0.5, 0.6) is 0 Å². The van der Waals surface area contributed by atoms with Crippen LogP contribution in [0.4, 0.5) is 13.2 Å². The van der Waals surface area contributed by atoms with Gasteiger partial charge in [0.25, 0.3) is 11.8 Å². The molecule has 0 saturated carbocycles. The van der Waals surface area contributed by atoms with Crippen LogP contribution in [0.25, 0.3) is 0 Å². The van der Waals surface area contributed by atoms with Gasteiger partial charge < -0.3 is 10.2 Å². The summed E-state index contributed by atoms with van der Waals surface area (Å²) in [5.41, 5.74) is -3.48. The van der Waals surface area contributed by atoms with Gasteiger partial charge in [-0.15, -0.1) is 0 Å². The van der Waals surface area contributed by atoms with Gasteiger partial charge in [-0.25, -0.2) is 0 Å². The Morgan fingerprint density at radius 3 is 2.08 bits per heavy atom. The van der Waals surface area contributed by atoms with E-state index < -0.39 is 40.3 Å². The summed E-state index contributed by atoms with van der Waals surface area (Å²) in [7, 11) is 0. The van der Waals surface area contributed by atoms with Crippen LogP contribution in [0.1, 0.15) is 68.9 Å². The molecule has 0 aromatic heterocycles. The molecule has 4 rings (SSSR count). The summed E-state index contributed by atoms with van der Waals surface area (Å²) < 4.78 is 44.9. The fraction of sp³-hybridized carbons (Fsp3) is 0.414. The maximum Gasteiger partial charge on any atom is 0.425 e. The van der Waals surface area contributed by atoms with Crippen molar-refractivity contribution < 1.29 is 27.6 Å². The first-order valence-electron chi connectivity index (χ1n) is 12.2. The van der Waals surface area contributed by atoms with Gasteiger partial charge in [-0.2, -0.15) is 13.2 Å². The van der Waals surface area contributed by atoms with Crippen molar-refractivity contribution in [2.24, 2.45) is 5.41 Å². The molecule has 2 amide bonds. The molecule has 1 heterocycles. The van der Waals surface area contributed by atoms with Crippen molar-refractivity contribution in [3.8, 4) is 0 Å². The van der Waals surface area contributed by atoms with Crippen LogP contribution in [-0.4, -0.2) is 34.2 Å². The molecule has 1 unspecified atom stereocenters. The number of hydrogen-bond acceptors (Lipinski definition) is 3. The first-order chi connectivity index (χ1) is 17.1. The minimum Gasteiger partial charge on any atom is -0.326 e. The van der Waals surface area contributed by atoms with E-state index in [1.807, 2.05) is 26.1 Å². The highest BCUT2D eigenvalue weighted by Gasteiger charge is 2.71. The van der Waals surface area contributed by atoms with Crippen molar-refractivity contribution in [2.75, 3.05) is 0 Å². The van der Waals surface area contributed by atoms with Crippen molar-refractivity contribution in [2.45, 2.75) is 71.1 Å². The van der Waals surface area contributed by atoms with E-state index in [1.54, 1.807) is 56.3 Å². The third-order valence-electron chi connectivity index (χ3n) is 7.04. The molecule has 1 N–H and O–H groups in total. The lowest BCUT2D eigenvalue weighted by atomic mass is 9.72. The van der Waals surface area contributed by atoms with Crippen LogP contribution in [0.3, 0.4) is 0 Å². The lowest BCUT2D eigenvalue weighted by Crippen LogP contribution is -2.66. The Morgan fingerprint density at radius 2 is 1.54 bits per heavy atom. The zero-order chi connectivity index (χ0) is 27.4. The predicted octanol–water partition coefficient (Wildman–Crippen LogP) is 5.70. The summed E-state index contributed by atoms with van der Waals surface area (Å²) in [6.07, 6.45) is -5.30. The summed E-state index contributed by atoms with van der Waals surface area (Å²) >= 11 is 0. The number of halogens is 3. The standard InChI is InChI=1S/C29H31F3N2O3/c1-26(2,3)20-13-11-19(12-14-20)24(36)33-28(29(30,31)32)23-21(15-27(4,5)16-22(23)35)34(25(28)37)17-18-9-7-6-8-10-18/h6-14H,15-17H2,1-5H3,(H,33,36). The number of Topliss-reactive ketones (excluding diaryl/α,β-unsaturated/α-hetero) is 1. The van der Waals surface area contributed by atoms with Crippen molar-refractivity contribution in [1.82, 2.24) is 10.2 Å². The van der Waals surface area contributed by atoms with Gasteiger partial charge in [0, 0.05) is 17.7 Å². The summed E-state index contributed by atoms with van der Waals surface area (Å²) in [6, 6.07) is 14.8. The van der Waals surface area contributed by atoms with Crippen LogP contribution < -0.4 is 5.32 Å². The second-order valence-corrected chi connectivity index (χ2v) is 11.7. The molecular weight excluding hydrogens is 481 g/mol. The molecule has 8 heteroatoms. The fourth-order valence-corrected chi connectivity index (χ4v) is 5.12. The van der Waals surface area contributed by atoms with Crippen LogP contribution in [0.15, 0.2) is 65.9 Å². The summed E-state index contributed by atoms with van der Waals surface area (Å²) in [6.45, 7) is 9.34. The lowest BCUT2D eigenvalue weighted by molar-refractivity contribution is -0.190. The number of alkyl halides is 3. The van der Waals surface area contributed by atoms with Gasteiger partial charge in [0.15, 0.2) is 5.78 Å². The SMILES string of the molecule is CC1(C)CC(=O)C2=C(C1)N(Cc1ccccc1)C(=O)C2(NC(=O)c1ccc(C(C)(C)C)cc1)C(F)(F)F. The molecule has 196 valence electrons. The maximum atomic E-state index is 15.0. The molecule has 0 spiro atoms. The normalized spacial score (nSPS) is 21.8. The molecule has 1 aliphatic carbocycles. The third-order valence-corrected chi connectivity index (χ3v) is 7.04. The highest BCUT2D eigenvalue weighted by molar-refractivity contribution is 6.14. The van der Waals surface area contributed by atoms with E-state index in [2.05, 4.69) is 0 Å². The Hall–Kier alpha value is -3.42. The monoisotopic (exact) mass is 512 g/mol. The van der Waals surface area contributed by atoms with E-state index in [-0.39, 0.29) is 36.1 Å². The Kier molecular flexibility index (Phi) is 6.37. The number of hydrogen-bond donors (Lipinski definition) is 1. The molecule has 2 aromatic rings. The van der Waals surface area contributed by atoms with Crippen molar-refractivity contribution >= 4 is 17.6 Å². The Labute approximate surface area is 214 Å². The molecule has 5 nitrogen and oxygen atoms in total. The van der Waals surface area contributed by atoms with Gasteiger partial charge in [0.2, 0.25) is 5.54 Å². The molecular formula is C29H31F3N2O3. The van der Waals surface area contributed by atoms with Gasteiger partial charge >= 0.3 is 6.18 Å². The van der Waals surface area contributed by atoms with Crippen LogP contribution in [0, 0.1) is 5.41 Å². The number of rotatable bonds is 4. The molecule has 0 bridgehead atoms. The number of allylic oxidation sites excluding steroid dienone is 1. The Balaban J connectivity index is 1.82. The van der Waals surface area contributed by atoms with Crippen LogP contribution in [0.2, 0.25) is 0 Å². The quantitative estimate of drug-likeness (QED) is 0.572. The highest BCUT2D eigenvalue weighted by atomic mass is 19.4. The topological polar surface area (TPSA) is 66.5 Å². The highest BCUT2D eigenvalue weighted by Crippen LogP contribution is 2.52. The fourth-order valence-electron chi connectivity index (χ4n) is 5.12. The maximum absolute atomic E-state index is 15.0. The van der Waals surface area contributed by atoms with Gasteiger partial charge in [0.1, 0.15) is 0 Å². The van der Waals surface area contributed by atoms with E-state index >= 15 is 0 Å². The van der Waals surface area contributed by atoms with Gasteiger partial charge in [0.05, 0.1) is 12.1 Å². The summed E-state index contributed by atoms with van der Waals surface area (Å²) in [4.78, 5) is 41.3. The largest absolute Gasteiger partial charge is 0.425 e. The predicted molar refractivity (Wildman–Crippen MR) is 133 cm³/mol. The van der Waals surface area contributed by atoms with Crippen molar-refractivity contribution in [3.63, 3.8) is 0 Å². The molecule has 2 aliphatic rings. The summed E-state index contributed by atoms with van der Waals surface area (Å²) in [5.74, 6) is -3.22. The number of nitrogens with one attached hydrogen (secondary N) is 1. The lowest BCUT2D eigenvalue weighted by Gasteiger charge is -2.35. The van der Waals surface area contributed by atoms with Crippen LogP contribution >= 0.6 is 0 Å². The molecule has 0 fully saturated rings. The first kappa shape index (κ1) is 26.6. The van der Waals surface area contributed by atoms with E-state index in [4.69, 9.17) is 0 Å². The van der Waals surface area contributed by atoms with Crippen LogP contribution in [-0.2, 0) is 21.5 Å². The van der Waals surface area contributed by atoms with Gasteiger partial charge in [-0.1, -0.05) is 77.1 Å². The smallest absolute Gasteiger partial charge is 0.326 e.